The van der Waals surface area contributed by atoms with E-state index in [1.165, 1.54) is 16.0 Å². The fraction of sp³-hybridized carbons (Fsp3) is 0.308. The van der Waals surface area contributed by atoms with Crippen LogP contribution in [0, 0.1) is 13.8 Å². The van der Waals surface area contributed by atoms with Crippen LogP contribution in [-0.4, -0.2) is 4.98 Å². The second-order valence-corrected chi connectivity index (χ2v) is 5.78. The number of thiazole rings is 1. The van der Waals surface area contributed by atoms with E-state index in [0.29, 0.717) is 0 Å². The van der Waals surface area contributed by atoms with E-state index in [1.54, 1.807) is 11.3 Å². The van der Waals surface area contributed by atoms with Crippen molar-refractivity contribution in [2.45, 2.75) is 26.9 Å². The lowest BCUT2D eigenvalue weighted by Crippen LogP contribution is -2.12. The summed E-state index contributed by atoms with van der Waals surface area (Å²) in [7, 11) is 0. The SMILES string of the molecule is Cc1ncc(CNCc2ccc(Cl)cc2C)s1. The first kappa shape index (κ1) is 12.6. The molecule has 1 aromatic heterocycles. The van der Waals surface area contributed by atoms with Crippen molar-refractivity contribution in [2.75, 3.05) is 0 Å². The summed E-state index contributed by atoms with van der Waals surface area (Å²) in [6.07, 6.45) is 1.93. The third-order valence-electron chi connectivity index (χ3n) is 2.59. The third kappa shape index (κ3) is 3.53. The van der Waals surface area contributed by atoms with Crippen molar-refractivity contribution in [2.24, 2.45) is 0 Å². The summed E-state index contributed by atoms with van der Waals surface area (Å²) in [4.78, 5) is 5.50. The summed E-state index contributed by atoms with van der Waals surface area (Å²) in [6, 6.07) is 6.00. The maximum atomic E-state index is 5.92. The lowest BCUT2D eigenvalue weighted by molar-refractivity contribution is 0.697. The average molecular weight is 267 g/mol. The average Bonchev–Trinajstić information content (AvgIpc) is 2.68. The van der Waals surface area contributed by atoms with Crippen LogP contribution in [0.1, 0.15) is 21.0 Å². The Bertz CT molecular complexity index is 508. The smallest absolute Gasteiger partial charge is 0.0897 e. The first-order valence-electron chi connectivity index (χ1n) is 5.52. The Morgan fingerprint density at radius 1 is 1.29 bits per heavy atom. The molecular formula is C13H15ClN2S. The van der Waals surface area contributed by atoms with Crippen LogP contribution in [0.2, 0.25) is 5.02 Å². The van der Waals surface area contributed by atoms with Crippen molar-refractivity contribution in [3.63, 3.8) is 0 Å². The number of nitrogens with zero attached hydrogens (tertiary/aromatic N) is 1. The number of aromatic nitrogens is 1. The van der Waals surface area contributed by atoms with Gasteiger partial charge in [0.25, 0.3) is 0 Å². The normalized spacial score (nSPS) is 10.8. The van der Waals surface area contributed by atoms with Gasteiger partial charge in [-0.05, 0) is 37.1 Å². The predicted molar refractivity (Wildman–Crippen MR) is 73.6 cm³/mol. The molecule has 2 aromatic rings. The van der Waals surface area contributed by atoms with Gasteiger partial charge in [-0.2, -0.15) is 0 Å². The number of halogens is 1. The summed E-state index contributed by atoms with van der Waals surface area (Å²) in [5.74, 6) is 0. The Hall–Kier alpha value is -0.900. The lowest BCUT2D eigenvalue weighted by Gasteiger charge is -2.07. The standard InChI is InChI=1S/C13H15ClN2S/c1-9-5-12(14)4-3-11(9)6-15-7-13-8-16-10(2)17-13/h3-5,8,15H,6-7H2,1-2H3. The van der Waals surface area contributed by atoms with Crippen molar-refractivity contribution < 1.29 is 0 Å². The third-order valence-corrected chi connectivity index (χ3v) is 3.74. The van der Waals surface area contributed by atoms with Crippen LogP contribution in [0.25, 0.3) is 0 Å². The minimum atomic E-state index is 0.796. The minimum absolute atomic E-state index is 0.796. The minimum Gasteiger partial charge on any atom is -0.308 e. The monoisotopic (exact) mass is 266 g/mol. The molecule has 0 saturated heterocycles. The number of aryl methyl sites for hydroxylation is 2. The van der Waals surface area contributed by atoms with E-state index in [2.05, 4.69) is 23.3 Å². The van der Waals surface area contributed by atoms with Crippen LogP contribution < -0.4 is 5.32 Å². The molecule has 0 amide bonds. The van der Waals surface area contributed by atoms with Crippen LogP contribution in [-0.2, 0) is 13.1 Å². The highest BCUT2D eigenvalue weighted by Crippen LogP contribution is 2.15. The van der Waals surface area contributed by atoms with Crippen LogP contribution in [0.3, 0.4) is 0 Å². The lowest BCUT2D eigenvalue weighted by atomic mass is 10.1. The molecule has 0 aliphatic carbocycles. The van der Waals surface area contributed by atoms with Crippen LogP contribution in [0.5, 0.6) is 0 Å². The molecule has 1 aromatic carbocycles. The molecule has 2 rings (SSSR count). The Morgan fingerprint density at radius 3 is 2.76 bits per heavy atom. The molecule has 2 nitrogen and oxygen atoms in total. The van der Waals surface area contributed by atoms with Gasteiger partial charge in [-0.25, -0.2) is 4.98 Å². The number of rotatable bonds is 4. The molecule has 0 bridgehead atoms. The van der Waals surface area contributed by atoms with E-state index in [0.717, 1.165) is 23.1 Å². The topological polar surface area (TPSA) is 24.9 Å². The van der Waals surface area contributed by atoms with Gasteiger partial charge in [0.05, 0.1) is 5.01 Å². The largest absolute Gasteiger partial charge is 0.308 e. The molecule has 0 fully saturated rings. The summed E-state index contributed by atoms with van der Waals surface area (Å²) in [5.41, 5.74) is 2.51. The van der Waals surface area contributed by atoms with Crippen molar-refractivity contribution in [1.82, 2.24) is 10.3 Å². The van der Waals surface area contributed by atoms with E-state index in [4.69, 9.17) is 11.6 Å². The van der Waals surface area contributed by atoms with E-state index in [9.17, 15) is 0 Å². The molecule has 0 atom stereocenters. The van der Waals surface area contributed by atoms with Gasteiger partial charge in [-0.3, -0.25) is 0 Å². The van der Waals surface area contributed by atoms with Crippen LogP contribution in [0.4, 0.5) is 0 Å². The Labute approximate surface area is 111 Å². The number of nitrogens with one attached hydrogen (secondary N) is 1. The zero-order valence-corrected chi connectivity index (χ0v) is 11.5. The van der Waals surface area contributed by atoms with E-state index in [1.807, 2.05) is 25.3 Å². The predicted octanol–water partition coefficient (Wildman–Crippen LogP) is 3.70. The van der Waals surface area contributed by atoms with E-state index in [-0.39, 0.29) is 0 Å². The van der Waals surface area contributed by atoms with Gasteiger partial charge in [0.1, 0.15) is 0 Å². The highest BCUT2D eigenvalue weighted by Gasteiger charge is 2.01. The van der Waals surface area contributed by atoms with Gasteiger partial charge in [0.15, 0.2) is 0 Å². The number of hydrogen-bond acceptors (Lipinski definition) is 3. The van der Waals surface area contributed by atoms with Gasteiger partial charge >= 0.3 is 0 Å². The molecule has 1 N–H and O–H groups in total. The maximum absolute atomic E-state index is 5.92. The molecule has 0 spiro atoms. The molecule has 0 aliphatic heterocycles. The van der Waals surface area contributed by atoms with Crippen molar-refractivity contribution in [3.05, 3.63) is 50.4 Å². The fourth-order valence-corrected chi connectivity index (χ4v) is 2.66. The van der Waals surface area contributed by atoms with Crippen molar-refractivity contribution in [1.29, 1.82) is 0 Å². The first-order valence-corrected chi connectivity index (χ1v) is 6.71. The zero-order valence-electron chi connectivity index (χ0n) is 9.96. The summed E-state index contributed by atoms with van der Waals surface area (Å²) >= 11 is 7.66. The second-order valence-electron chi connectivity index (χ2n) is 4.02. The molecule has 4 heteroatoms. The molecule has 0 saturated carbocycles. The Balaban J connectivity index is 1.90. The van der Waals surface area contributed by atoms with Gasteiger partial charge in [-0.15, -0.1) is 11.3 Å². The van der Waals surface area contributed by atoms with Crippen molar-refractivity contribution in [3.8, 4) is 0 Å². The van der Waals surface area contributed by atoms with Gasteiger partial charge in [0.2, 0.25) is 0 Å². The number of benzene rings is 1. The highest BCUT2D eigenvalue weighted by atomic mass is 35.5. The van der Waals surface area contributed by atoms with Gasteiger partial charge in [-0.1, -0.05) is 17.7 Å². The molecule has 17 heavy (non-hydrogen) atoms. The molecule has 90 valence electrons. The molecule has 0 unspecified atom stereocenters. The van der Waals surface area contributed by atoms with Crippen LogP contribution in [0.15, 0.2) is 24.4 Å². The van der Waals surface area contributed by atoms with Gasteiger partial charge < -0.3 is 5.32 Å². The van der Waals surface area contributed by atoms with Gasteiger partial charge in [0, 0.05) is 29.2 Å². The van der Waals surface area contributed by atoms with E-state index >= 15 is 0 Å². The molecule has 1 heterocycles. The summed E-state index contributed by atoms with van der Waals surface area (Å²) in [5, 5.41) is 5.33. The molecule has 0 aliphatic rings. The highest BCUT2D eigenvalue weighted by molar-refractivity contribution is 7.11. The quantitative estimate of drug-likeness (QED) is 0.913. The van der Waals surface area contributed by atoms with Crippen molar-refractivity contribution >= 4 is 22.9 Å². The second kappa shape index (κ2) is 5.63. The number of hydrogen-bond donors (Lipinski definition) is 1. The zero-order chi connectivity index (χ0) is 12.3. The first-order chi connectivity index (χ1) is 8.15. The van der Waals surface area contributed by atoms with Crippen LogP contribution >= 0.6 is 22.9 Å². The fourth-order valence-electron chi connectivity index (χ4n) is 1.67. The van der Waals surface area contributed by atoms with E-state index < -0.39 is 0 Å². The summed E-state index contributed by atoms with van der Waals surface area (Å²) < 4.78 is 0. The summed E-state index contributed by atoms with van der Waals surface area (Å²) in [6.45, 7) is 5.84. The Kier molecular flexibility index (Phi) is 4.15. The molecule has 0 radical (unpaired) electrons. The maximum Gasteiger partial charge on any atom is 0.0897 e. The molecular weight excluding hydrogens is 252 g/mol. The Morgan fingerprint density at radius 2 is 2.12 bits per heavy atom.